The van der Waals surface area contributed by atoms with Gasteiger partial charge in [-0.3, -0.25) is 0 Å². The molecule has 2 aromatic rings. The first kappa shape index (κ1) is 12.2. The van der Waals surface area contributed by atoms with Crippen molar-refractivity contribution in [2.75, 3.05) is 6.26 Å². The van der Waals surface area contributed by atoms with Crippen LogP contribution in [0.1, 0.15) is 5.56 Å². The molecule has 0 fully saturated rings. The number of nitrogens with zero attached hydrogens (tertiary/aromatic N) is 3. The Bertz CT molecular complexity index is 475. The van der Waals surface area contributed by atoms with Crippen molar-refractivity contribution >= 4 is 46.5 Å². The van der Waals surface area contributed by atoms with Gasteiger partial charge in [0.2, 0.25) is 0 Å². The smallest absolute Gasteiger partial charge is 0.175 e. The molecule has 2 aromatic heterocycles. The van der Waals surface area contributed by atoms with Crippen LogP contribution in [0.5, 0.6) is 0 Å². The third kappa shape index (κ3) is 3.35. The van der Waals surface area contributed by atoms with Gasteiger partial charge in [-0.2, -0.15) is 0 Å². The highest BCUT2D eigenvalue weighted by atomic mass is 35.5. The molecule has 3 nitrogen and oxygen atoms in total. The molecule has 16 heavy (non-hydrogen) atoms. The summed E-state index contributed by atoms with van der Waals surface area (Å²) in [6.07, 6.45) is 3.71. The maximum Gasteiger partial charge on any atom is 0.175 e. The van der Waals surface area contributed by atoms with E-state index in [1.807, 2.05) is 18.4 Å². The van der Waals surface area contributed by atoms with Gasteiger partial charge >= 0.3 is 0 Å². The van der Waals surface area contributed by atoms with E-state index in [1.165, 1.54) is 0 Å². The van der Waals surface area contributed by atoms with Gasteiger partial charge in [-0.05, 0) is 24.0 Å². The van der Waals surface area contributed by atoms with Crippen LogP contribution >= 0.6 is 46.5 Å². The average Bonchev–Trinajstić information content (AvgIpc) is 2.74. The molecule has 0 atom stereocenters. The minimum atomic E-state index is 0.528. The SMILES string of the molecule is CSc1nnc(SCc2ccnc(Cl)c2)s1. The Morgan fingerprint density at radius 2 is 2.19 bits per heavy atom. The van der Waals surface area contributed by atoms with Crippen molar-refractivity contribution in [2.24, 2.45) is 0 Å². The van der Waals surface area contributed by atoms with Crippen molar-refractivity contribution in [1.82, 2.24) is 15.2 Å². The summed E-state index contributed by atoms with van der Waals surface area (Å²) < 4.78 is 1.98. The molecule has 0 amide bonds. The molecule has 0 aliphatic rings. The van der Waals surface area contributed by atoms with Crippen molar-refractivity contribution in [3.05, 3.63) is 29.0 Å². The molecular formula is C9H8ClN3S3. The maximum atomic E-state index is 5.80. The van der Waals surface area contributed by atoms with Crippen LogP contribution < -0.4 is 0 Å². The lowest BCUT2D eigenvalue weighted by molar-refractivity contribution is 0.955. The third-order valence-corrected chi connectivity index (χ3v) is 5.03. The third-order valence-electron chi connectivity index (χ3n) is 1.72. The first-order valence-corrected chi connectivity index (χ1v) is 7.79. The fourth-order valence-corrected chi connectivity index (χ4v) is 3.59. The molecule has 0 radical (unpaired) electrons. The van der Waals surface area contributed by atoms with E-state index in [2.05, 4.69) is 15.2 Å². The molecular weight excluding hydrogens is 282 g/mol. The predicted octanol–water partition coefficient (Wildman–Crippen LogP) is 3.60. The van der Waals surface area contributed by atoms with Crippen LogP contribution in [0.15, 0.2) is 27.0 Å². The van der Waals surface area contributed by atoms with Gasteiger partial charge < -0.3 is 0 Å². The second-order valence-corrected chi connectivity index (χ2v) is 6.45. The second kappa shape index (κ2) is 5.86. The van der Waals surface area contributed by atoms with Gasteiger partial charge in [-0.25, -0.2) is 4.98 Å². The van der Waals surface area contributed by atoms with Gasteiger partial charge in [-0.15, -0.1) is 10.2 Å². The molecule has 2 rings (SSSR count). The molecule has 0 aliphatic carbocycles. The van der Waals surface area contributed by atoms with E-state index in [9.17, 15) is 0 Å². The summed E-state index contributed by atoms with van der Waals surface area (Å²) in [6.45, 7) is 0. The van der Waals surface area contributed by atoms with E-state index in [0.717, 1.165) is 20.0 Å². The zero-order valence-corrected chi connectivity index (χ0v) is 11.6. The highest BCUT2D eigenvalue weighted by Crippen LogP contribution is 2.29. The molecule has 7 heteroatoms. The lowest BCUT2D eigenvalue weighted by atomic mass is 10.3. The van der Waals surface area contributed by atoms with Crippen LogP contribution in [0.3, 0.4) is 0 Å². The lowest BCUT2D eigenvalue weighted by Crippen LogP contribution is -1.82. The van der Waals surface area contributed by atoms with Crippen LogP contribution in [-0.2, 0) is 5.75 Å². The highest BCUT2D eigenvalue weighted by Gasteiger charge is 2.04. The molecule has 0 aromatic carbocycles. The quantitative estimate of drug-likeness (QED) is 0.635. The zero-order chi connectivity index (χ0) is 11.4. The monoisotopic (exact) mass is 289 g/mol. The number of thioether (sulfide) groups is 2. The minimum Gasteiger partial charge on any atom is -0.245 e. The summed E-state index contributed by atoms with van der Waals surface area (Å²) >= 11 is 10.7. The van der Waals surface area contributed by atoms with E-state index >= 15 is 0 Å². The Morgan fingerprint density at radius 1 is 1.38 bits per heavy atom. The predicted molar refractivity (Wildman–Crippen MR) is 70.5 cm³/mol. The summed E-state index contributed by atoms with van der Waals surface area (Å²) in [5.74, 6) is 0.839. The molecule has 0 unspecified atom stereocenters. The summed E-state index contributed by atoms with van der Waals surface area (Å²) in [7, 11) is 0. The van der Waals surface area contributed by atoms with Crippen LogP contribution in [-0.4, -0.2) is 21.4 Å². The van der Waals surface area contributed by atoms with E-state index in [0.29, 0.717) is 5.15 Å². The Hall–Kier alpha value is -0.300. The maximum absolute atomic E-state index is 5.80. The summed E-state index contributed by atoms with van der Waals surface area (Å²) in [5, 5.41) is 8.65. The number of halogens is 1. The van der Waals surface area contributed by atoms with E-state index in [1.54, 1.807) is 41.1 Å². The topological polar surface area (TPSA) is 38.7 Å². The molecule has 0 aliphatic heterocycles. The largest absolute Gasteiger partial charge is 0.245 e. The fraction of sp³-hybridized carbons (Fsp3) is 0.222. The van der Waals surface area contributed by atoms with Gasteiger partial charge in [0.15, 0.2) is 8.68 Å². The molecule has 84 valence electrons. The van der Waals surface area contributed by atoms with Crippen molar-refractivity contribution in [2.45, 2.75) is 14.4 Å². The van der Waals surface area contributed by atoms with Crippen LogP contribution in [0.25, 0.3) is 0 Å². The number of hydrogen-bond acceptors (Lipinski definition) is 6. The number of aromatic nitrogens is 3. The van der Waals surface area contributed by atoms with Crippen molar-refractivity contribution in [3.63, 3.8) is 0 Å². The van der Waals surface area contributed by atoms with Crippen molar-refractivity contribution < 1.29 is 0 Å². The first-order valence-electron chi connectivity index (χ1n) is 4.38. The summed E-state index contributed by atoms with van der Waals surface area (Å²) in [5.41, 5.74) is 1.14. The second-order valence-electron chi connectivity index (χ2n) is 2.81. The average molecular weight is 290 g/mol. The molecule has 0 N–H and O–H groups in total. The van der Waals surface area contributed by atoms with E-state index < -0.39 is 0 Å². The van der Waals surface area contributed by atoms with Crippen LogP contribution in [0.4, 0.5) is 0 Å². The van der Waals surface area contributed by atoms with Crippen LogP contribution in [0, 0.1) is 0 Å². The summed E-state index contributed by atoms with van der Waals surface area (Å²) in [6, 6.07) is 3.82. The fourth-order valence-electron chi connectivity index (χ4n) is 1.02. The Morgan fingerprint density at radius 3 is 2.88 bits per heavy atom. The van der Waals surface area contributed by atoms with Gasteiger partial charge in [0, 0.05) is 11.9 Å². The molecule has 2 heterocycles. The minimum absolute atomic E-state index is 0.528. The number of hydrogen-bond donors (Lipinski definition) is 0. The van der Waals surface area contributed by atoms with Crippen molar-refractivity contribution in [1.29, 1.82) is 0 Å². The zero-order valence-electron chi connectivity index (χ0n) is 8.38. The van der Waals surface area contributed by atoms with Gasteiger partial charge in [0.05, 0.1) is 0 Å². The Kier molecular flexibility index (Phi) is 4.45. The standard InChI is InChI=1S/C9H8ClN3S3/c1-14-8-12-13-9(16-8)15-5-6-2-3-11-7(10)4-6/h2-4H,5H2,1H3. The van der Waals surface area contributed by atoms with Crippen LogP contribution in [0.2, 0.25) is 5.15 Å². The normalized spacial score (nSPS) is 10.6. The summed E-state index contributed by atoms with van der Waals surface area (Å²) in [4.78, 5) is 3.94. The molecule has 0 bridgehead atoms. The number of pyridine rings is 1. The molecule has 0 saturated heterocycles. The van der Waals surface area contributed by atoms with Gasteiger partial charge in [0.1, 0.15) is 5.15 Å². The van der Waals surface area contributed by atoms with E-state index in [4.69, 9.17) is 11.6 Å². The Labute approximate surface area is 111 Å². The molecule has 0 spiro atoms. The molecule has 0 saturated carbocycles. The first-order chi connectivity index (χ1) is 7.78. The Balaban J connectivity index is 1.96. The number of rotatable bonds is 4. The van der Waals surface area contributed by atoms with Gasteiger partial charge in [0.25, 0.3) is 0 Å². The highest BCUT2D eigenvalue weighted by molar-refractivity contribution is 8.02. The van der Waals surface area contributed by atoms with E-state index in [-0.39, 0.29) is 0 Å². The van der Waals surface area contributed by atoms with Crippen molar-refractivity contribution in [3.8, 4) is 0 Å². The van der Waals surface area contributed by atoms with Gasteiger partial charge in [-0.1, -0.05) is 46.5 Å². The lowest BCUT2D eigenvalue weighted by Gasteiger charge is -1.98.